The molecule has 1 atom stereocenters. The van der Waals surface area contributed by atoms with Gasteiger partial charge in [-0.15, -0.1) is 0 Å². The van der Waals surface area contributed by atoms with Crippen molar-refractivity contribution >= 4 is 17.1 Å². The molecule has 7 heteroatoms. The molecule has 170 valence electrons. The van der Waals surface area contributed by atoms with Crippen molar-refractivity contribution in [1.82, 2.24) is 15.1 Å². The lowest BCUT2D eigenvalue weighted by Crippen LogP contribution is -2.22. The summed E-state index contributed by atoms with van der Waals surface area (Å²) in [5, 5.41) is 10.8. The summed E-state index contributed by atoms with van der Waals surface area (Å²) in [6, 6.07) is 10.2. The third-order valence-corrected chi connectivity index (χ3v) is 5.94. The second-order valence-corrected chi connectivity index (χ2v) is 8.00. The van der Waals surface area contributed by atoms with Gasteiger partial charge >= 0.3 is 0 Å². The molecule has 2 N–H and O–H groups in total. The zero-order valence-electron chi connectivity index (χ0n) is 19.4. The van der Waals surface area contributed by atoms with E-state index in [0.717, 1.165) is 23.2 Å². The number of nitrogens with one attached hydrogen (secondary N) is 2. The first-order valence-electron chi connectivity index (χ1n) is 10.9. The Kier molecular flexibility index (Phi) is 6.16. The first kappa shape index (κ1) is 22.5. The van der Waals surface area contributed by atoms with Gasteiger partial charge in [0.15, 0.2) is 0 Å². The second kappa shape index (κ2) is 9.04. The number of hydrogen-bond donors (Lipinski definition) is 2. The van der Waals surface area contributed by atoms with Gasteiger partial charge in [0, 0.05) is 42.7 Å². The van der Waals surface area contributed by atoms with Crippen molar-refractivity contribution in [2.75, 3.05) is 12.4 Å². The topological polar surface area (TPSA) is 54.2 Å². The van der Waals surface area contributed by atoms with Crippen LogP contribution in [0.3, 0.4) is 0 Å². The Morgan fingerprint density at radius 3 is 2.73 bits per heavy atom. The summed E-state index contributed by atoms with van der Waals surface area (Å²) in [5.41, 5.74) is 9.33. The predicted molar refractivity (Wildman–Crippen MR) is 129 cm³/mol. The van der Waals surface area contributed by atoms with Crippen LogP contribution in [0.2, 0.25) is 0 Å². The van der Waals surface area contributed by atoms with Gasteiger partial charge in [0.2, 0.25) is 0 Å². The highest BCUT2D eigenvalue weighted by Crippen LogP contribution is 2.33. The van der Waals surface area contributed by atoms with Crippen LogP contribution < -0.4 is 10.6 Å². The van der Waals surface area contributed by atoms with Gasteiger partial charge in [-0.2, -0.15) is 5.10 Å². The van der Waals surface area contributed by atoms with Gasteiger partial charge in [0.25, 0.3) is 0 Å². The zero-order valence-corrected chi connectivity index (χ0v) is 19.4. The fraction of sp³-hybridized carbons (Fsp3) is 0.269. The Hall–Kier alpha value is -3.70. The number of rotatable bonds is 6. The molecule has 5 nitrogen and oxygen atoms in total. The minimum atomic E-state index is -0.382. The Labute approximate surface area is 192 Å². The highest BCUT2D eigenvalue weighted by atomic mass is 19.1. The molecule has 0 radical (unpaired) electrons. The van der Waals surface area contributed by atoms with E-state index in [1.54, 1.807) is 29.9 Å². The number of para-hydroxylation sites is 1. The molecule has 2 heterocycles. The van der Waals surface area contributed by atoms with Gasteiger partial charge < -0.3 is 10.6 Å². The zero-order chi connectivity index (χ0) is 23.7. The van der Waals surface area contributed by atoms with E-state index in [1.165, 1.54) is 6.07 Å². The van der Waals surface area contributed by atoms with Crippen molar-refractivity contribution in [3.63, 3.8) is 0 Å². The Balaban J connectivity index is 1.65. The Bertz CT molecular complexity index is 1310. The summed E-state index contributed by atoms with van der Waals surface area (Å²) in [6.07, 6.45) is 2.19. The van der Waals surface area contributed by atoms with E-state index < -0.39 is 0 Å². The molecule has 1 aliphatic rings. The van der Waals surface area contributed by atoms with Gasteiger partial charge in [-0.25, -0.2) is 8.78 Å². The third kappa shape index (κ3) is 4.20. The number of anilines is 1. The lowest BCUT2D eigenvalue weighted by Gasteiger charge is -2.14. The average molecular weight is 448 g/mol. The molecule has 1 aliphatic heterocycles. The van der Waals surface area contributed by atoms with E-state index in [4.69, 9.17) is 4.99 Å². The molecule has 0 bridgehead atoms. The molecule has 1 aromatic heterocycles. The lowest BCUT2D eigenvalue weighted by atomic mass is 10.0. The minimum absolute atomic E-state index is 0.299. The van der Waals surface area contributed by atoms with Crippen LogP contribution in [-0.2, 0) is 13.5 Å². The van der Waals surface area contributed by atoms with Crippen LogP contribution in [0.5, 0.6) is 0 Å². The molecule has 0 amide bonds. The molecule has 2 aromatic carbocycles. The molecular weight excluding hydrogens is 420 g/mol. The fourth-order valence-electron chi connectivity index (χ4n) is 4.03. The SMILES string of the molecule is CCc1ccc(-c2nn(C)c(C)c2C2=C=CC(/N=C(/C)c3cccc(F)c3NC)N2)c(F)c1. The highest BCUT2D eigenvalue weighted by molar-refractivity contribution is 6.03. The minimum Gasteiger partial charge on any atom is -0.385 e. The third-order valence-electron chi connectivity index (χ3n) is 5.94. The summed E-state index contributed by atoms with van der Waals surface area (Å²) in [5.74, 6) is -0.627. The van der Waals surface area contributed by atoms with E-state index in [9.17, 15) is 8.78 Å². The molecule has 0 saturated carbocycles. The summed E-state index contributed by atoms with van der Waals surface area (Å²) < 4.78 is 30.8. The monoisotopic (exact) mass is 447 g/mol. The maximum absolute atomic E-state index is 14.9. The van der Waals surface area contributed by atoms with Crippen LogP contribution in [0.1, 0.15) is 36.2 Å². The Morgan fingerprint density at radius 1 is 1.24 bits per heavy atom. The number of aliphatic imine (C=N–C) groups is 1. The van der Waals surface area contributed by atoms with Gasteiger partial charge in [-0.3, -0.25) is 9.67 Å². The van der Waals surface area contributed by atoms with Crippen molar-refractivity contribution in [2.45, 2.75) is 33.4 Å². The number of benzene rings is 2. The van der Waals surface area contributed by atoms with Crippen LogP contribution in [0.4, 0.5) is 14.5 Å². The van der Waals surface area contributed by atoms with Crippen molar-refractivity contribution in [2.24, 2.45) is 12.0 Å². The van der Waals surface area contributed by atoms with E-state index in [2.05, 4.69) is 21.5 Å². The summed E-state index contributed by atoms with van der Waals surface area (Å²) >= 11 is 0. The van der Waals surface area contributed by atoms with Crippen LogP contribution >= 0.6 is 0 Å². The van der Waals surface area contributed by atoms with Crippen LogP contribution in [0, 0.1) is 18.6 Å². The van der Waals surface area contributed by atoms with E-state index in [-0.39, 0.29) is 17.8 Å². The number of hydrogen-bond acceptors (Lipinski definition) is 4. The van der Waals surface area contributed by atoms with Crippen molar-refractivity contribution < 1.29 is 8.78 Å². The van der Waals surface area contributed by atoms with E-state index in [1.807, 2.05) is 46.0 Å². The van der Waals surface area contributed by atoms with E-state index >= 15 is 0 Å². The van der Waals surface area contributed by atoms with Crippen LogP contribution in [-0.4, -0.2) is 28.7 Å². The average Bonchev–Trinajstić information content (AvgIpc) is 3.37. The molecule has 3 aromatic rings. The normalized spacial score (nSPS) is 15.5. The van der Waals surface area contributed by atoms with Gasteiger partial charge in [-0.05, 0) is 44.0 Å². The summed E-state index contributed by atoms with van der Waals surface area (Å²) in [7, 11) is 3.52. The molecule has 33 heavy (non-hydrogen) atoms. The molecule has 4 rings (SSSR count). The molecule has 0 fully saturated rings. The molecular formula is C26H27F2N5. The summed E-state index contributed by atoms with van der Waals surface area (Å²) in [4.78, 5) is 4.71. The van der Waals surface area contributed by atoms with Crippen molar-refractivity contribution in [3.05, 3.63) is 82.2 Å². The maximum Gasteiger partial charge on any atom is 0.146 e. The first-order valence-corrected chi connectivity index (χ1v) is 10.9. The standard InChI is InChI=1S/C26H27F2N5/c1-6-17-10-11-19(21(28)14-17)26-24(16(3)33(5)32-26)22-12-13-23(31-22)30-15(2)18-8-7-9-20(27)25(18)29-4/h7-11,13-14,23,29,31H,6H2,1-5H3/b30-15-. The number of aromatic nitrogens is 2. The highest BCUT2D eigenvalue weighted by Gasteiger charge is 2.24. The molecule has 0 saturated heterocycles. The number of nitrogens with zero attached hydrogens (tertiary/aromatic N) is 3. The van der Waals surface area contributed by atoms with Crippen molar-refractivity contribution in [1.29, 1.82) is 0 Å². The van der Waals surface area contributed by atoms with Gasteiger partial charge in [0.1, 0.15) is 23.5 Å². The maximum atomic E-state index is 14.9. The number of aryl methyl sites for hydroxylation is 2. The number of halogens is 2. The second-order valence-electron chi connectivity index (χ2n) is 8.00. The summed E-state index contributed by atoms with van der Waals surface area (Å²) in [6.45, 7) is 5.78. The molecule has 0 aliphatic carbocycles. The predicted octanol–water partition coefficient (Wildman–Crippen LogP) is 5.21. The van der Waals surface area contributed by atoms with E-state index in [0.29, 0.717) is 33.9 Å². The van der Waals surface area contributed by atoms with Gasteiger partial charge in [-0.1, -0.05) is 30.9 Å². The largest absolute Gasteiger partial charge is 0.385 e. The fourth-order valence-corrected chi connectivity index (χ4v) is 4.03. The van der Waals surface area contributed by atoms with Gasteiger partial charge in [0.05, 0.1) is 16.9 Å². The van der Waals surface area contributed by atoms with Crippen molar-refractivity contribution in [3.8, 4) is 11.3 Å². The van der Waals surface area contributed by atoms with Crippen LogP contribution in [0.15, 0.2) is 53.2 Å². The lowest BCUT2D eigenvalue weighted by molar-refractivity contribution is 0.627. The van der Waals surface area contributed by atoms with Crippen LogP contribution in [0.25, 0.3) is 17.0 Å². The molecule has 1 unspecified atom stereocenters. The first-order chi connectivity index (χ1) is 15.8. The quantitative estimate of drug-likeness (QED) is 0.403. The molecule has 0 spiro atoms. The smallest absolute Gasteiger partial charge is 0.146 e. The Morgan fingerprint density at radius 2 is 2.03 bits per heavy atom.